The molecule has 1 aliphatic rings. The molecule has 120 valence electrons. The number of sulfone groups is 1. The molecule has 2 rings (SSSR count). The van der Waals surface area contributed by atoms with Crippen molar-refractivity contribution in [3.8, 4) is 6.07 Å². The number of aliphatic hydroxyl groups is 1. The zero-order valence-corrected chi connectivity index (χ0v) is 13.6. The molecule has 1 fully saturated rings. The summed E-state index contributed by atoms with van der Waals surface area (Å²) in [5.74, 6) is 0.0647. The second-order valence-corrected chi connectivity index (χ2v) is 7.98. The number of nitrogens with zero attached hydrogens (tertiary/aromatic N) is 2. The number of likely N-dealkylation sites (tertiary alicyclic amines) is 1. The van der Waals surface area contributed by atoms with Gasteiger partial charge >= 0.3 is 0 Å². The Balaban J connectivity index is 1.98. The molecule has 1 aromatic carbocycles. The second-order valence-electron chi connectivity index (χ2n) is 5.87. The maximum Gasteiger partial charge on any atom is 0.179 e. The highest BCUT2D eigenvalue weighted by molar-refractivity contribution is 7.91. The summed E-state index contributed by atoms with van der Waals surface area (Å²) in [6.45, 7) is 3.14. The van der Waals surface area contributed by atoms with Crippen molar-refractivity contribution >= 4 is 9.84 Å². The van der Waals surface area contributed by atoms with E-state index in [2.05, 4.69) is 4.90 Å². The Labute approximate surface area is 132 Å². The number of hydrogen-bond donors (Lipinski definition) is 1. The van der Waals surface area contributed by atoms with Crippen LogP contribution in [0.4, 0.5) is 0 Å². The fourth-order valence-corrected chi connectivity index (χ4v) is 4.20. The summed E-state index contributed by atoms with van der Waals surface area (Å²) >= 11 is 0. The monoisotopic (exact) mass is 322 g/mol. The van der Waals surface area contributed by atoms with Crippen LogP contribution in [0.1, 0.15) is 31.7 Å². The second kappa shape index (κ2) is 7.23. The Kier molecular flexibility index (Phi) is 5.57. The van der Waals surface area contributed by atoms with Crippen LogP contribution in [0.15, 0.2) is 29.2 Å². The quantitative estimate of drug-likeness (QED) is 0.859. The summed E-state index contributed by atoms with van der Waals surface area (Å²) in [6.07, 6.45) is 2.40. The maximum absolute atomic E-state index is 12.4. The molecule has 6 heteroatoms. The van der Waals surface area contributed by atoms with Gasteiger partial charge in [-0.2, -0.15) is 5.26 Å². The van der Waals surface area contributed by atoms with Crippen LogP contribution in [0.5, 0.6) is 0 Å². The summed E-state index contributed by atoms with van der Waals surface area (Å²) in [6, 6.07) is 8.29. The normalized spacial score (nSPS) is 20.7. The molecule has 2 unspecified atom stereocenters. The Morgan fingerprint density at radius 1 is 1.41 bits per heavy atom. The van der Waals surface area contributed by atoms with Gasteiger partial charge < -0.3 is 5.11 Å². The van der Waals surface area contributed by atoms with Gasteiger partial charge in [0.2, 0.25) is 0 Å². The third-order valence-electron chi connectivity index (χ3n) is 4.10. The summed E-state index contributed by atoms with van der Waals surface area (Å²) < 4.78 is 24.7. The molecular formula is C16H22N2O3S. The summed E-state index contributed by atoms with van der Waals surface area (Å²) in [5, 5.41) is 18.3. The fourth-order valence-electron chi connectivity index (χ4n) is 2.94. The molecule has 1 N–H and O–H groups in total. The van der Waals surface area contributed by atoms with Gasteiger partial charge in [-0.05, 0) is 57.0 Å². The molecule has 0 saturated carbocycles. The average molecular weight is 322 g/mol. The van der Waals surface area contributed by atoms with Crippen molar-refractivity contribution < 1.29 is 13.5 Å². The summed E-state index contributed by atoms with van der Waals surface area (Å²) in [5.41, 5.74) is 0.454. The molecule has 2 atom stereocenters. The Bertz CT molecular complexity index is 632. The van der Waals surface area contributed by atoms with Gasteiger partial charge in [0.1, 0.15) is 0 Å². The first-order chi connectivity index (χ1) is 10.4. The molecule has 0 aliphatic carbocycles. The van der Waals surface area contributed by atoms with Gasteiger partial charge in [0.25, 0.3) is 0 Å². The van der Waals surface area contributed by atoms with E-state index >= 15 is 0 Å². The zero-order chi connectivity index (χ0) is 16.2. The molecule has 1 heterocycles. The first-order valence-corrected chi connectivity index (χ1v) is 9.22. The Hall–Kier alpha value is -1.42. The van der Waals surface area contributed by atoms with E-state index in [0.29, 0.717) is 18.5 Å². The van der Waals surface area contributed by atoms with E-state index < -0.39 is 9.84 Å². The van der Waals surface area contributed by atoms with E-state index in [0.717, 1.165) is 19.4 Å². The van der Waals surface area contributed by atoms with E-state index in [-0.39, 0.29) is 22.8 Å². The SMILES string of the molecule is CC(O)CC1CCCN1CCS(=O)(=O)c1ccc(C#N)cc1. The maximum atomic E-state index is 12.4. The minimum Gasteiger partial charge on any atom is -0.393 e. The number of rotatable bonds is 6. The largest absolute Gasteiger partial charge is 0.393 e. The van der Waals surface area contributed by atoms with Crippen LogP contribution in [-0.4, -0.2) is 49.4 Å². The van der Waals surface area contributed by atoms with E-state index in [1.54, 1.807) is 6.92 Å². The predicted octanol–water partition coefficient (Wildman–Crippen LogP) is 1.57. The molecule has 0 amide bonds. The van der Waals surface area contributed by atoms with Crippen LogP contribution in [0.2, 0.25) is 0 Å². The standard InChI is InChI=1S/C16H22N2O3S/c1-13(19)11-15-3-2-8-18(15)9-10-22(20,21)16-6-4-14(12-17)5-7-16/h4-7,13,15,19H,2-3,8-11H2,1H3. The smallest absolute Gasteiger partial charge is 0.179 e. The van der Waals surface area contributed by atoms with E-state index in [1.807, 2.05) is 6.07 Å². The topological polar surface area (TPSA) is 81.4 Å². The van der Waals surface area contributed by atoms with Crippen molar-refractivity contribution in [3.63, 3.8) is 0 Å². The van der Waals surface area contributed by atoms with Crippen molar-refractivity contribution in [2.24, 2.45) is 0 Å². The summed E-state index contributed by atoms with van der Waals surface area (Å²) in [7, 11) is -3.34. The van der Waals surface area contributed by atoms with Crippen molar-refractivity contribution in [3.05, 3.63) is 29.8 Å². The Morgan fingerprint density at radius 2 is 2.09 bits per heavy atom. The predicted molar refractivity (Wildman–Crippen MR) is 84.1 cm³/mol. The highest BCUT2D eigenvalue weighted by Crippen LogP contribution is 2.22. The molecule has 22 heavy (non-hydrogen) atoms. The lowest BCUT2D eigenvalue weighted by atomic mass is 10.1. The number of benzene rings is 1. The van der Waals surface area contributed by atoms with Gasteiger partial charge in [-0.15, -0.1) is 0 Å². The van der Waals surface area contributed by atoms with Crippen LogP contribution in [0.25, 0.3) is 0 Å². The zero-order valence-electron chi connectivity index (χ0n) is 12.8. The van der Waals surface area contributed by atoms with Gasteiger partial charge in [-0.3, -0.25) is 4.90 Å². The van der Waals surface area contributed by atoms with Crippen LogP contribution >= 0.6 is 0 Å². The minimum absolute atomic E-state index is 0.0647. The van der Waals surface area contributed by atoms with Crippen LogP contribution in [-0.2, 0) is 9.84 Å². The molecule has 0 radical (unpaired) electrons. The molecule has 1 saturated heterocycles. The average Bonchev–Trinajstić information content (AvgIpc) is 2.92. The van der Waals surface area contributed by atoms with Crippen molar-refractivity contribution in [1.29, 1.82) is 5.26 Å². The molecule has 1 aromatic rings. The molecular weight excluding hydrogens is 300 g/mol. The fraction of sp³-hybridized carbons (Fsp3) is 0.562. The molecule has 1 aliphatic heterocycles. The lowest BCUT2D eigenvalue weighted by Crippen LogP contribution is -2.35. The van der Waals surface area contributed by atoms with Crippen LogP contribution < -0.4 is 0 Å². The van der Waals surface area contributed by atoms with E-state index in [9.17, 15) is 13.5 Å². The lowest BCUT2D eigenvalue weighted by Gasteiger charge is -2.25. The molecule has 0 aromatic heterocycles. The minimum atomic E-state index is -3.34. The van der Waals surface area contributed by atoms with Gasteiger partial charge in [0.15, 0.2) is 9.84 Å². The third-order valence-corrected chi connectivity index (χ3v) is 5.81. The Morgan fingerprint density at radius 3 is 2.68 bits per heavy atom. The first-order valence-electron chi connectivity index (χ1n) is 7.57. The lowest BCUT2D eigenvalue weighted by molar-refractivity contribution is 0.137. The van der Waals surface area contributed by atoms with E-state index in [1.165, 1.54) is 24.3 Å². The molecule has 0 bridgehead atoms. The van der Waals surface area contributed by atoms with Gasteiger partial charge in [-0.25, -0.2) is 8.42 Å². The third kappa shape index (κ3) is 4.29. The van der Waals surface area contributed by atoms with E-state index in [4.69, 9.17) is 5.26 Å². The highest BCUT2D eigenvalue weighted by atomic mass is 32.2. The first kappa shape index (κ1) is 16.9. The van der Waals surface area contributed by atoms with Gasteiger partial charge in [-0.1, -0.05) is 0 Å². The number of aliphatic hydroxyl groups excluding tert-OH is 1. The molecule has 5 nitrogen and oxygen atoms in total. The highest BCUT2D eigenvalue weighted by Gasteiger charge is 2.27. The van der Waals surface area contributed by atoms with Crippen LogP contribution in [0, 0.1) is 11.3 Å². The van der Waals surface area contributed by atoms with Gasteiger partial charge in [0.05, 0.1) is 28.4 Å². The van der Waals surface area contributed by atoms with Crippen molar-refractivity contribution in [1.82, 2.24) is 4.90 Å². The van der Waals surface area contributed by atoms with Crippen molar-refractivity contribution in [2.75, 3.05) is 18.8 Å². The van der Waals surface area contributed by atoms with Gasteiger partial charge in [0, 0.05) is 12.6 Å². The van der Waals surface area contributed by atoms with Crippen molar-refractivity contribution in [2.45, 2.75) is 43.2 Å². The summed E-state index contributed by atoms with van der Waals surface area (Å²) in [4.78, 5) is 2.42. The number of nitriles is 1. The number of hydrogen-bond acceptors (Lipinski definition) is 5. The van der Waals surface area contributed by atoms with Crippen LogP contribution in [0.3, 0.4) is 0 Å². The molecule has 0 spiro atoms.